The van der Waals surface area contributed by atoms with Gasteiger partial charge in [-0.15, -0.1) is 0 Å². The SMILES string of the molecule is CCNC(=O)c1ccc(N2CCc3c(cc(CC)c(CC)c3Cl)C[C@@H]2C(N)=O)cc1. The number of aryl methyl sites for hydroxylation is 1. The number of primary amides is 1. The van der Waals surface area contributed by atoms with E-state index in [9.17, 15) is 9.59 Å². The van der Waals surface area contributed by atoms with Crippen molar-refractivity contribution < 1.29 is 9.59 Å². The van der Waals surface area contributed by atoms with E-state index in [4.69, 9.17) is 17.3 Å². The smallest absolute Gasteiger partial charge is 0.251 e. The molecule has 0 aromatic heterocycles. The van der Waals surface area contributed by atoms with Crippen molar-refractivity contribution in [1.82, 2.24) is 5.32 Å². The van der Waals surface area contributed by atoms with E-state index in [-0.39, 0.29) is 11.8 Å². The van der Waals surface area contributed by atoms with Crippen LogP contribution in [-0.2, 0) is 30.5 Å². The fourth-order valence-electron chi connectivity index (χ4n) is 4.34. The molecule has 0 saturated carbocycles. The molecule has 0 unspecified atom stereocenters. The molecule has 160 valence electrons. The molecule has 0 bridgehead atoms. The monoisotopic (exact) mass is 427 g/mol. The number of amides is 2. The lowest BCUT2D eigenvalue weighted by atomic mass is 9.91. The van der Waals surface area contributed by atoms with Gasteiger partial charge in [0.2, 0.25) is 5.91 Å². The van der Waals surface area contributed by atoms with Gasteiger partial charge in [-0.05, 0) is 72.7 Å². The van der Waals surface area contributed by atoms with Crippen LogP contribution >= 0.6 is 11.6 Å². The quantitative estimate of drug-likeness (QED) is 0.738. The maximum absolute atomic E-state index is 12.4. The van der Waals surface area contributed by atoms with Crippen LogP contribution in [0.3, 0.4) is 0 Å². The highest BCUT2D eigenvalue weighted by atomic mass is 35.5. The van der Waals surface area contributed by atoms with Gasteiger partial charge in [0.1, 0.15) is 6.04 Å². The van der Waals surface area contributed by atoms with Crippen LogP contribution in [0.2, 0.25) is 5.02 Å². The molecular formula is C24H30ClN3O2. The third kappa shape index (κ3) is 4.31. The van der Waals surface area contributed by atoms with Crippen LogP contribution in [0.15, 0.2) is 30.3 Å². The largest absolute Gasteiger partial charge is 0.368 e. The minimum atomic E-state index is -0.463. The number of fused-ring (bicyclic) bond motifs is 1. The highest BCUT2D eigenvalue weighted by Gasteiger charge is 2.30. The normalized spacial score (nSPS) is 16.0. The molecule has 2 aromatic carbocycles. The molecule has 1 aliphatic heterocycles. The second kappa shape index (κ2) is 9.52. The van der Waals surface area contributed by atoms with Crippen LogP contribution in [0, 0.1) is 0 Å². The number of nitrogens with zero attached hydrogens (tertiary/aromatic N) is 1. The van der Waals surface area contributed by atoms with Gasteiger partial charge < -0.3 is 16.0 Å². The van der Waals surface area contributed by atoms with Crippen LogP contribution in [0.4, 0.5) is 5.69 Å². The van der Waals surface area contributed by atoms with Gasteiger partial charge >= 0.3 is 0 Å². The van der Waals surface area contributed by atoms with Crippen LogP contribution in [0.25, 0.3) is 0 Å². The highest BCUT2D eigenvalue weighted by Crippen LogP contribution is 2.34. The topological polar surface area (TPSA) is 75.4 Å². The first-order chi connectivity index (χ1) is 14.4. The summed E-state index contributed by atoms with van der Waals surface area (Å²) in [6.45, 7) is 7.35. The number of hydrogen-bond acceptors (Lipinski definition) is 3. The molecule has 2 amide bonds. The Balaban J connectivity index is 1.97. The zero-order chi connectivity index (χ0) is 21.8. The molecule has 1 atom stereocenters. The maximum Gasteiger partial charge on any atom is 0.251 e. The zero-order valence-electron chi connectivity index (χ0n) is 17.9. The average molecular weight is 428 g/mol. The highest BCUT2D eigenvalue weighted by molar-refractivity contribution is 6.32. The van der Waals surface area contributed by atoms with Crippen molar-refractivity contribution in [2.24, 2.45) is 5.73 Å². The standard InChI is InChI=1S/C24H30ClN3O2/c1-4-15-13-17-14-21(23(26)29)28(12-11-20(17)22(25)19(15)5-2)18-9-7-16(8-10-18)24(30)27-6-3/h7-10,13,21H,4-6,11-12,14H2,1-3H3,(H2,26,29)(H,27,30)/t21-/m1/s1. The number of anilines is 1. The minimum absolute atomic E-state index is 0.107. The Kier molecular flexibility index (Phi) is 7.03. The first-order valence-corrected chi connectivity index (χ1v) is 11.0. The molecule has 0 aliphatic carbocycles. The number of nitrogens with one attached hydrogen (secondary N) is 1. The third-order valence-corrected chi connectivity index (χ3v) is 6.36. The molecule has 2 aromatic rings. The molecule has 1 heterocycles. The van der Waals surface area contributed by atoms with Crippen LogP contribution in [0.1, 0.15) is 53.4 Å². The first kappa shape index (κ1) is 22.2. The van der Waals surface area contributed by atoms with Gasteiger partial charge in [0.05, 0.1) is 0 Å². The van der Waals surface area contributed by atoms with Crippen LogP contribution < -0.4 is 16.0 Å². The van der Waals surface area contributed by atoms with E-state index in [0.717, 1.165) is 41.1 Å². The first-order valence-electron chi connectivity index (χ1n) is 10.7. The van der Waals surface area contributed by atoms with Crippen molar-refractivity contribution in [1.29, 1.82) is 0 Å². The number of benzene rings is 2. The van der Waals surface area contributed by atoms with Gasteiger partial charge in [-0.25, -0.2) is 0 Å². The summed E-state index contributed by atoms with van der Waals surface area (Å²) >= 11 is 6.81. The summed E-state index contributed by atoms with van der Waals surface area (Å²) in [5.41, 5.74) is 12.0. The van der Waals surface area contributed by atoms with Gasteiger partial charge in [-0.1, -0.05) is 31.5 Å². The van der Waals surface area contributed by atoms with E-state index >= 15 is 0 Å². The molecule has 0 spiro atoms. The van der Waals surface area contributed by atoms with Gasteiger partial charge in [0.25, 0.3) is 5.91 Å². The fourth-order valence-corrected chi connectivity index (χ4v) is 4.81. The lowest BCUT2D eigenvalue weighted by molar-refractivity contribution is -0.119. The number of nitrogens with two attached hydrogens (primary N) is 1. The van der Waals surface area contributed by atoms with Crippen molar-refractivity contribution in [3.63, 3.8) is 0 Å². The Morgan fingerprint density at radius 1 is 1.17 bits per heavy atom. The minimum Gasteiger partial charge on any atom is -0.368 e. The summed E-state index contributed by atoms with van der Waals surface area (Å²) in [7, 11) is 0. The van der Waals surface area contributed by atoms with E-state index in [1.807, 2.05) is 24.0 Å². The molecular weight excluding hydrogens is 398 g/mol. The summed E-state index contributed by atoms with van der Waals surface area (Å²) in [5.74, 6) is -0.464. The second-order valence-electron chi connectivity index (χ2n) is 7.65. The van der Waals surface area contributed by atoms with Crippen molar-refractivity contribution in [2.45, 2.75) is 52.5 Å². The predicted molar refractivity (Wildman–Crippen MR) is 122 cm³/mol. The van der Waals surface area contributed by atoms with Crippen LogP contribution in [0.5, 0.6) is 0 Å². The maximum atomic E-state index is 12.4. The Hall–Kier alpha value is -2.53. The number of halogens is 1. The summed E-state index contributed by atoms with van der Waals surface area (Å²) in [4.78, 5) is 26.5. The Bertz CT molecular complexity index is 940. The lowest BCUT2D eigenvalue weighted by Gasteiger charge is -2.30. The Morgan fingerprint density at radius 2 is 1.87 bits per heavy atom. The molecule has 0 saturated heterocycles. The zero-order valence-corrected chi connectivity index (χ0v) is 18.7. The van der Waals surface area contributed by atoms with E-state index in [1.54, 1.807) is 12.1 Å². The van der Waals surface area contributed by atoms with E-state index < -0.39 is 6.04 Å². The van der Waals surface area contributed by atoms with Gasteiger partial charge in [0.15, 0.2) is 0 Å². The van der Waals surface area contributed by atoms with E-state index in [0.29, 0.717) is 25.1 Å². The van der Waals surface area contributed by atoms with Crippen molar-refractivity contribution in [3.05, 3.63) is 63.2 Å². The molecule has 0 radical (unpaired) electrons. The number of rotatable bonds is 6. The molecule has 3 rings (SSSR count). The second-order valence-corrected chi connectivity index (χ2v) is 8.02. The molecule has 30 heavy (non-hydrogen) atoms. The summed E-state index contributed by atoms with van der Waals surface area (Å²) in [6.07, 6.45) is 3.06. The summed E-state index contributed by atoms with van der Waals surface area (Å²) < 4.78 is 0. The van der Waals surface area contributed by atoms with Gasteiger partial charge in [-0.3, -0.25) is 9.59 Å². The number of carbonyl (C=O) groups excluding carboxylic acids is 2. The molecule has 5 nitrogen and oxygen atoms in total. The Morgan fingerprint density at radius 3 is 2.43 bits per heavy atom. The number of carbonyl (C=O) groups is 2. The lowest BCUT2D eigenvalue weighted by Crippen LogP contribution is -2.46. The third-order valence-electron chi connectivity index (χ3n) is 5.91. The Labute approximate surface area is 183 Å². The van der Waals surface area contributed by atoms with Crippen molar-refractivity contribution in [3.8, 4) is 0 Å². The van der Waals surface area contributed by atoms with Crippen LogP contribution in [-0.4, -0.2) is 30.9 Å². The van der Waals surface area contributed by atoms with Gasteiger partial charge in [0, 0.05) is 35.8 Å². The van der Waals surface area contributed by atoms with E-state index in [1.165, 1.54) is 11.1 Å². The summed E-state index contributed by atoms with van der Waals surface area (Å²) in [5, 5.41) is 3.63. The van der Waals surface area contributed by atoms with Crippen molar-refractivity contribution in [2.75, 3.05) is 18.0 Å². The van der Waals surface area contributed by atoms with E-state index in [2.05, 4.69) is 25.2 Å². The average Bonchev–Trinajstić information content (AvgIpc) is 2.94. The molecule has 3 N–H and O–H groups in total. The molecule has 0 fully saturated rings. The molecule has 6 heteroatoms. The van der Waals surface area contributed by atoms with Gasteiger partial charge in [-0.2, -0.15) is 0 Å². The predicted octanol–water partition coefficient (Wildman–Crippen LogP) is 3.67. The molecule has 1 aliphatic rings. The fraction of sp³-hybridized carbons (Fsp3) is 0.417. The number of hydrogen-bond donors (Lipinski definition) is 2. The van der Waals surface area contributed by atoms with Crippen molar-refractivity contribution >= 4 is 29.1 Å². The summed E-state index contributed by atoms with van der Waals surface area (Å²) in [6, 6.07) is 9.08.